The number of pyridine rings is 1. The first kappa shape index (κ1) is 16.7. The maximum absolute atomic E-state index is 12.5. The van der Waals surface area contributed by atoms with Crippen LogP contribution in [0.5, 0.6) is 0 Å². The Hall–Kier alpha value is -3.76. The van der Waals surface area contributed by atoms with Gasteiger partial charge in [-0.2, -0.15) is 0 Å². The molecule has 0 bridgehead atoms. The maximum atomic E-state index is 12.5. The van der Waals surface area contributed by atoms with Gasteiger partial charge in [0, 0.05) is 35.2 Å². The summed E-state index contributed by atoms with van der Waals surface area (Å²) in [5.41, 5.74) is 1.51. The Kier molecular flexibility index (Phi) is 4.47. The Bertz CT molecular complexity index is 1250. The number of nitrogens with one attached hydrogen (secondary N) is 1. The largest absolute Gasteiger partial charge is 0.322 e. The van der Waals surface area contributed by atoms with Gasteiger partial charge >= 0.3 is 0 Å². The molecule has 27 heavy (non-hydrogen) atoms. The quantitative estimate of drug-likeness (QED) is 0.549. The summed E-state index contributed by atoms with van der Waals surface area (Å²) < 4.78 is 1.36. The van der Waals surface area contributed by atoms with Gasteiger partial charge in [0.2, 0.25) is 0 Å². The molecule has 0 aliphatic heterocycles. The van der Waals surface area contributed by atoms with Gasteiger partial charge in [-0.3, -0.25) is 14.0 Å². The summed E-state index contributed by atoms with van der Waals surface area (Å²) in [7, 11) is 0. The highest BCUT2D eigenvalue weighted by molar-refractivity contribution is 7.15. The normalized spacial score (nSPS) is 10.2. The summed E-state index contributed by atoms with van der Waals surface area (Å²) in [6.07, 6.45) is 4.58. The van der Waals surface area contributed by atoms with Gasteiger partial charge in [-0.05, 0) is 36.3 Å². The molecule has 0 spiro atoms. The van der Waals surface area contributed by atoms with Gasteiger partial charge in [0.05, 0.1) is 0 Å². The number of carbonyl (C=O) groups is 1. The zero-order valence-electron chi connectivity index (χ0n) is 13.9. The first-order valence-corrected chi connectivity index (χ1v) is 8.88. The average Bonchev–Trinajstić information content (AvgIpc) is 3.17. The minimum absolute atomic E-state index is 0.0177. The van der Waals surface area contributed by atoms with E-state index in [0.29, 0.717) is 16.3 Å². The van der Waals surface area contributed by atoms with E-state index in [9.17, 15) is 9.59 Å². The molecule has 6 nitrogen and oxygen atoms in total. The summed E-state index contributed by atoms with van der Waals surface area (Å²) in [6.45, 7) is 0. The third-order valence-electron chi connectivity index (χ3n) is 3.71. The molecule has 1 N–H and O–H groups in total. The van der Waals surface area contributed by atoms with Gasteiger partial charge < -0.3 is 5.32 Å². The van der Waals surface area contributed by atoms with Gasteiger partial charge in [-0.25, -0.2) is 9.97 Å². The van der Waals surface area contributed by atoms with Crippen molar-refractivity contribution in [3.05, 3.63) is 93.6 Å². The highest BCUT2D eigenvalue weighted by Gasteiger charge is 2.14. The smallest absolute Gasteiger partial charge is 0.271 e. The van der Waals surface area contributed by atoms with Gasteiger partial charge in [0.1, 0.15) is 11.3 Å². The van der Waals surface area contributed by atoms with E-state index >= 15 is 0 Å². The van der Waals surface area contributed by atoms with E-state index in [4.69, 9.17) is 0 Å². The molecule has 0 aliphatic rings. The van der Waals surface area contributed by atoms with E-state index in [0.717, 1.165) is 5.56 Å². The third kappa shape index (κ3) is 3.61. The van der Waals surface area contributed by atoms with Crippen molar-refractivity contribution in [3.8, 4) is 11.8 Å². The van der Waals surface area contributed by atoms with Crippen LogP contribution in [-0.2, 0) is 0 Å². The summed E-state index contributed by atoms with van der Waals surface area (Å²) in [5.74, 6) is 5.46. The fourth-order valence-electron chi connectivity index (χ4n) is 2.43. The van der Waals surface area contributed by atoms with Crippen LogP contribution in [0.2, 0.25) is 0 Å². The summed E-state index contributed by atoms with van der Waals surface area (Å²) in [5, 5.41) is 4.47. The minimum atomic E-state index is -0.511. The average molecular weight is 372 g/mol. The van der Waals surface area contributed by atoms with Crippen LogP contribution < -0.4 is 10.9 Å². The molecule has 4 rings (SSSR count). The second-order valence-electron chi connectivity index (χ2n) is 5.53. The first-order chi connectivity index (χ1) is 13.2. The molecular weight excluding hydrogens is 360 g/mol. The van der Waals surface area contributed by atoms with Crippen LogP contribution in [0.15, 0.2) is 71.2 Å². The highest BCUT2D eigenvalue weighted by atomic mass is 32.1. The van der Waals surface area contributed by atoms with E-state index < -0.39 is 11.5 Å². The first-order valence-electron chi connectivity index (χ1n) is 8.00. The second-order valence-corrected chi connectivity index (χ2v) is 6.41. The van der Waals surface area contributed by atoms with Gasteiger partial charge in [-0.15, -0.1) is 11.3 Å². The van der Waals surface area contributed by atoms with E-state index in [1.165, 1.54) is 21.9 Å². The molecule has 3 aromatic heterocycles. The van der Waals surface area contributed by atoms with E-state index in [1.54, 1.807) is 36.0 Å². The SMILES string of the molecule is O=C(Nc1cccc(C#Cc2ccccn2)c1)c1cnc2sccn2c1=O. The van der Waals surface area contributed by atoms with E-state index in [2.05, 4.69) is 27.1 Å². The molecule has 0 fully saturated rings. The van der Waals surface area contributed by atoms with Crippen LogP contribution in [0.3, 0.4) is 0 Å². The zero-order chi connectivity index (χ0) is 18.6. The molecule has 7 heteroatoms. The fourth-order valence-corrected chi connectivity index (χ4v) is 3.10. The van der Waals surface area contributed by atoms with Crippen LogP contribution in [0.1, 0.15) is 21.6 Å². The van der Waals surface area contributed by atoms with Crippen molar-refractivity contribution < 1.29 is 4.79 Å². The standard InChI is InChI=1S/C20H12N4O2S/c25-18(17-13-22-20-24(19(17)26)10-11-27-20)23-16-6-3-4-14(12-16)7-8-15-5-1-2-9-21-15/h1-6,9-13H,(H,23,25). The molecule has 0 aliphatic carbocycles. The second kappa shape index (κ2) is 7.23. The Labute approximate surface area is 158 Å². The number of benzene rings is 1. The lowest BCUT2D eigenvalue weighted by molar-refractivity contribution is 0.102. The van der Waals surface area contributed by atoms with Gasteiger partial charge in [0.15, 0.2) is 4.96 Å². The lowest BCUT2D eigenvalue weighted by atomic mass is 10.2. The molecule has 130 valence electrons. The van der Waals surface area contributed by atoms with Crippen LogP contribution in [0.4, 0.5) is 5.69 Å². The molecule has 0 radical (unpaired) electrons. The minimum Gasteiger partial charge on any atom is -0.322 e. The predicted octanol–water partition coefficient (Wildman–Crippen LogP) is 2.80. The Morgan fingerprint density at radius 2 is 2.04 bits per heavy atom. The highest BCUT2D eigenvalue weighted by Crippen LogP contribution is 2.12. The lowest BCUT2D eigenvalue weighted by Crippen LogP contribution is -2.25. The molecule has 0 atom stereocenters. The van der Waals surface area contributed by atoms with E-state index in [-0.39, 0.29) is 5.56 Å². The number of hydrogen-bond acceptors (Lipinski definition) is 5. The number of nitrogens with zero attached hydrogens (tertiary/aromatic N) is 3. The number of amides is 1. The van der Waals surface area contributed by atoms with Crippen molar-refractivity contribution in [3.63, 3.8) is 0 Å². The Morgan fingerprint density at radius 3 is 2.89 bits per heavy atom. The number of thiazole rings is 1. The van der Waals surface area contributed by atoms with Gasteiger partial charge in [-0.1, -0.05) is 18.1 Å². The molecule has 3 heterocycles. The molecular formula is C20H12N4O2S. The summed E-state index contributed by atoms with van der Waals surface area (Å²) in [4.78, 5) is 33.7. The number of fused-ring (bicyclic) bond motifs is 1. The van der Waals surface area contributed by atoms with Crippen LogP contribution in [0.25, 0.3) is 4.96 Å². The van der Waals surface area contributed by atoms with Crippen molar-refractivity contribution >= 4 is 27.9 Å². The van der Waals surface area contributed by atoms with Gasteiger partial charge in [0.25, 0.3) is 11.5 Å². The monoisotopic (exact) mass is 372 g/mol. The lowest BCUT2D eigenvalue weighted by Gasteiger charge is -2.05. The molecule has 4 aromatic rings. The van der Waals surface area contributed by atoms with Crippen LogP contribution in [0, 0.1) is 11.8 Å². The van der Waals surface area contributed by atoms with Crippen LogP contribution in [-0.4, -0.2) is 20.3 Å². The zero-order valence-corrected chi connectivity index (χ0v) is 14.7. The third-order valence-corrected chi connectivity index (χ3v) is 4.48. The molecule has 0 unspecified atom stereocenters. The fraction of sp³-hybridized carbons (Fsp3) is 0. The number of carbonyl (C=O) groups excluding carboxylic acids is 1. The van der Waals surface area contributed by atoms with Crippen molar-refractivity contribution in [2.75, 3.05) is 5.32 Å². The Balaban J connectivity index is 1.57. The Morgan fingerprint density at radius 1 is 1.11 bits per heavy atom. The number of anilines is 1. The van der Waals surface area contributed by atoms with Crippen LogP contribution >= 0.6 is 11.3 Å². The topological polar surface area (TPSA) is 76.4 Å². The number of rotatable bonds is 2. The molecule has 0 saturated heterocycles. The summed E-state index contributed by atoms with van der Waals surface area (Å²) >= 11 is 1.33. The van der Waals surface area contributed by atoms with Crippen molar-refractivity contribution in [2.24, 2.45) is 0 Å². The number of aromatic nitrogens is 3. The molecule has 1 amide bonds. The van der Waals surface area contributed by atoms with Crippen molar-refractivity contribution in [2.45, 2.75) is 0 Å². The summed E-state index contributed by atoms with van der Waals surface area (Å²) in [6, 6.07) is 12.6. The van der Waals surface area contributed by atoms with E-state index in [1.807, 2.05) is 24.3 Å². The number of hydrogen-bond donors (Lipinski definition) is 1. The molecule has 0 saturated carbocycles. The molecule has 1 aromatic carbocycles. The van der Waals surface area contributed by atoms with Crippen molar-refractivity contribution in [1.82, 2.24) is 14.4 Å². The maximum Gasteiger partial charge on any atom is 0.271 e. The van der Waals surface area contributed by atoms with Crippen molar-refractivity contribution in [1.29, 1.82) is 0 Å². The predicted molar refractivity (Wildman–Crippen MR) is 104 cm³/mol.